The molecule has 1 aromatic rings. The molecule has 1 N–H and O–H groups in total. The fraction of sp³-hybridized carbons (Fsp3) is 0.647. The van der Waals surface area contributed by atoms with Gasteiger partial charge in [0.05, 0.1) is 12.7 Å². The zero-order valence-electron chi connectivity index (χ0n) is 12.8. The predicted molar refractivity (Wildman–Crippen MR) is 80.2 cm³/mol. The van der Waals surface area contributed by atoms with Crippen LogP contribution in [0.5, 0.6) is 5.75 Å². The van der Waals surface area contributed by atoms with Crippen molar-refractivity contribution in [1.82, 2.24) is 4.90 Å². The molecule has 2 atom stereocenters. The molecule has 3 nitrogen and oxygen atoms in total. The molecule has 2 aliphatic heterocycles. The van der Waals surface area contributed by atoms with E-state index in [0.29, 0.717) is 6.04 Å². The van der Waals surface area contributed by atoms with E-state index >= 15 is 0 Å². The monoisotopic (exact) mass is 275 g/mol. The van der Waals surface area contributed by atoms with E-state index in [1.54, 1.807) is 7.11 Å². The summed E-state index contributed by atoms with van der Waals surface area (Å²) in [6.07, 6.45) is 4.23. The van der Waals surface area contributed by atoms with Gasteiger partial charge < -0.3 is 14.7 Å². The number of methoxy groups -OCH3 is 1. The first-order chi connectivity index (χ1) is 9.53. The minimum atomic E-state index is -0.660. The number of ether oxygens (including phenoxy) is 1. The van der Waals surface area contributed by atoms with Crippen LogP contribution in [0.15, 0.2) is 12.1 Å². The lowest BCUT2D eigenvalue weighted by atomic mass is 9.78. The number of hydrogen-bond acceptors (Lipinski definition) is 3. The molecule has 110 valence electrons. The Kier molecular flexibility index (Phi) is 3.51. The molecule has 2 aliphatic rings. The van der Waals surface area contributed by atoms with Gasteiger partial charge in [0.15, 0.2) is 0 Å². The molecule has 0 aliphatic carbocycles. The Morgan fingerprint density at radius 2 is 2.05 bits per heavy atom. The van der Waals surface area contributed by atoms with E-state index in [9.17, 15) is 5.11 Å². The fourth-order valence-corrected chi connectivity index (χ4v) is 4.00. The Labute approximate surface area is 121 Å². The summed E-state index contributed by atoms with van der Waals surface area (Å²) in [6.45, 7) is 6.36. The lowest BCUT2D eigenvalue weighted by Gasteiger charge is -2.42. The second-order valence-corrected chi connectivity index (χ2v) is 6.45. The van der Waals surface area contributed by atoms with E-state index in [4.69, 9.17) is 4.74 Å². The van der Waals surface area contributed by atoms with Crippen LogP contribution >= 0.6 is 0 Å². The molecule has 2 saturated heterocycles. The zero-order chi connectivity index (χ0) is 14.3. The van der Waals surface area contributed by atoms with E-state index < -0.39 is 5.60 Å². The summed E-state index contributed by atoms with van der Waals surface area (Å²) < 4.78 is 5.38. The first-order valence-corrected chi connectivity index (χ1v) is 7.65. The maximum atomic E-state index is 11.2. The van der Waals surface area contributed by atoms with Crippen LogP contribution in [-0.4, -0.2) is 36.2 Å². The number of nitrogens with zero attached hydrogens (tertiary/aromatic N) is 1. The van der Waals surface area contributed by atoms with Gasteiger partial charge in [-0.15, -0.1) is 0 Å². The van der Waals surface area contributed by atoms with E-state index in [1.165, 1.54) is 19.4 Å². The van der Waals surface area contributed by atoms with Crippen LogP contribution in [0.2, 0.25) is 0 Å². The van der Waals surface area contributed by atoms with Crippen molar-refractivity contribution in [1.29, 1.82) is 0 Å². The number of rotatable bonds is 2. The van der Waals surface area contributed by atoms with Crippen molar-refractivity contribution in [2.75, 3.05) is 20.2 Å². The van der Waals surface area contributed by atoms with Crippen LogP contribution < -0.4 is 4.74 Å². The summed E-state index contributed by atoms with van der Waals surface area (Å²) >= 11 is 0. The SMILES string of the molecule is COc1cc(C)c(C2(O)CCN3CCCC3C2)cc1C. The molecular weight excluding hydrogens is 250 g/mol. The molecule has 2 unspecified atom stereocenters. The number of aliphatic hydroxyl groups is 1. The Hall–Kier alpha value is -1.06. The van der Waals surface area contributed by atoms with E-state index in [2.05, 4.69) is 30.9 Å². The average molecular weight is 275 g/mol. The molecule has 0 radical (unpaired) electrons. The minimum Gasteiger partial charge on any atom is -0.496 e. The van der Waals surface area contributed by atoms with Crippen LogP contribution in [0.4, 0.5) is 0 Å². The van der Waals surface area contributed by atoms with Crippen molar-refractivity contribution in [2.45, 2.75) is 51.2 Å². The Balaban J connectivity index is 1.93. The second-order valence-electron chi connectivity index (χ2n) is 6.45. The molecule has 20 heavy (non-hydrogen) atoms. The minimum absolute atomic E-state index is 0.565. The van der Waals surface area contributed by atoms with Crippen molar-refractivity contribution < 1.29 is 9.84 Å². The van der Waals surface area contributed by atoms with Gasteiger partial charge >= 0.3 is 0 Å². The highest BCUT2D eigenvalue weighted by atomic mass is 16.5. The second kappa shape index (κ2) is 5.05. The average Bonchev–Trinajstić information content (AvgIpc) is 2.87. The molecule has 0 saturated carbocycles. The highest BCUT2D eigenvalue weighted by Gasteiger charge is 2.42. The third-order valence-electron chi connectivity index (χ3n) is 5.13. The van der Waals surface area contributed by atoms with Gasteiger partial charge in [-0.25, -0.2) is 0 Å². The van der Waals surface area contributed by atoms with Crippen LogP contribution in [0, 0.1) is 13.8 Å². The summed E-state index contributed by atoms with van der Waals surface area (Å²) in [5.41, 5.74) is 2.69. The summed E-state index contributed by atoms with van der Waals surface area (Å²) in [5.74, 6) is 0.910. The maximum Gasteiger partial charge on any atom is 0.122 e. The molecule has 0 aromatic heterocycles. The summed E-state index contributed by atoms with van der Waals surface area (Å²) in [6, 6.07) is 4.75. The molecule has 0 amide bonds. The molecule has 1 aromatic carbocycles. The van der Waals surface area contributed by atoms with Crippen LogP contribution in [0.25, 0.3) is 0 Å². The summed E-state index contributed by atoms with van der Waals surface area (Å²) in [5, 5.41) is 11.2. The van der Waals surface area contributed by atoms with Gasteiger partial charge in [-0.1, -0.05) is 0 Å². The third kappa shape index (κ3) is 2.23. The van der Waals surface area contributed by atoms with Crippen molar-refractivity contribution in [3.05, 3.63) is 28.8 Å². The number of fused-ring (bicyclic) bond motifs is 1. The third-order valence-corrected chi connectivity index (χ3v) is 5.13. The molecule has 0 spiro atoms. The van der Waals surface area contributed by atoms with Crippen LogP contribution in [-0.2, 0) is 5.60 Å². The van der Waals surface area contributed by atoms with Gasteiger partial charge in [0.2, 0.25) is 0 Å². The Morgan fingerprint density at radius 1 is 1.25 bits per heavy atom. The van der Waals surface area contributed by atoms with Gasteiger partial charge in [0.1, 0.15) is 5.75 Å². The lowest BCUT2D eigenvalue weighted by Crippen LogP contribution is -2.46. The smallest absolute Gasteiger partial charge is 0.122 e. The van der Waals surface area contributed by atoms with Crippen molar-refractivity contribution in [2.24, 2.45) is 0 Å². The van der Waals surface area contributed by atoms with Gasteiger partial charge in [0, 0.05) is 12.6 Å². The Bertz CT molecular complexity index is 514. The van der Waals surface area contributed by atoms with Crippen LogP contribution in [0.1, 0.15) is 42.4 Å². The van der Waals surface area contributed by atoms with Crippen molar-refractivity contribution in [3.8, 4) is 5.75 Å². The number of aryl methyl sites for hydroxylation is 2. The van der Waals surface area contributed by atoms with Gasteiger partial charge in [0.25, 0.3) is 0 Å². The highest BCUT2D eigenvalue weighted by Crippen LogP contribution is 2.41. The standard InChI is InChI=1S/C17H25NO2/c1-12-10-16(20-3)13(2)9-15(12)17(19)6-8-18-7-4-5-14(18)11-17/h9-10,14,19H,4-8,11H2,1-3H3. The largest absolute Gasteiger partial charge is 0.496 e. The normalized spacial score (nSPS) is 30.3. The molecule has 2 fully saturated rings. The van der Waals surface area contributed by atoms with E-state index in [-0.39, 0.29) is 0 Å². The van der Waals surface area contributed by atoms with Gasteiger partial charge in [-0.05, 0) is 74.9 Å². The van der Waals surface area contributed by atoms with Crippen molar-refractivity contribution >= 4 is 0 Å². The fourth-order valence-electron chi connectivity index (χ4n) is 4.00. The first kappa shape index (κ1) is 13.9. The summed E-state index contributed by atoms with van der Waals surface area (Å²) in [4.78, 5) is 2.54. The van der Waals surface area contributed by atoms with Gasteiger partial charge in [-0.2, -0.15) is 0 Å². The van der Waals surface area contributed by atoms with E-state index in [0.717, 1.165) is 41.8 Å². The first-order valence-electron chi connectivity index (χ1n) is 7.65. The number of hydrogen-bond donors (Lipinski definition) is 1. The summed E-state index contributed by atoms with van der Waals surface area (Å²) in [7, 11) is 1.70. The highest BCUT2D eigenvalue weighted by molar-refractivity contribution is 5.44. The van der Waals surface area contributed by atoms with Crippen LogP contribution in [0.3, 0.4) is 0 Å². The molecule has 0 bridgehead atoms. The van der Waals surface area contributed by atoms with Crippen molar-refractivity contribution in [3.63, 3.8) is 0 Å². The maximum absolute atomic E-state index is 11.2. The zero-order valence-corrected chi connectivity index (χ0v) is 12.8. The molecule has 3 heteroatoms. The van der Waals surface area contributed by atoms with E-state index in [1.807, 2.05) is 0 Å². The Morgan fingerprint density at radius 3 is 2.80 bits per heavy atom. The molecular formula is C17H25NO2. The number of benzene rings is 1. The molecule has 2 heterocycles. The quantitative estimate of drug-likeness (QED) is 0.901. The predicted octanol–water partition coefficient (Wildman–Crippen LogP) is 2.76. The number of piperidine rings is 1. The van der Waals surface area contributed by atoms with Gasteiger partial charge in [-0.3, -0.25) is 0 Å². The lowest BCUT2D eigenvalue weighted by molar-refractivity contribution is -0.0413. The topological polar surface area (TPSA) is 32.7 Å². The molecule has 3 rings (SSSR count).